The lowest BCUT2D eigenvalue weighted by Gasteiger charge is -2.36. The maximum atomic E-state index is 14.6. The molecule has 4 rings (SSSR count). The average molecular weight is 573 g/mol. The number of nitrogens with zero attached hydrogens (tertiary/aromatic N) is 3. The number of carbonyl (C=O) groups is 3. The van der Waals surface area contributed by atoms with E-state index in [1.165, 1.54) is 18.2 Å². The number of amides is 3. The van der Waals surface area contributed by atoms with Gasteiger partial charge in [0.2, 0.25) is 11.8 Å². The van der Waals surface area contributed by atoms with Gasteiger partial charge in [-0.25, -0.2) is 4.39 Å². The summed E-state index contributed by atoms with van der Waals surface area (Å²) in [7, 11) is 0. The van der Waals surface area contributed by atoms with Crippen LogP contribution < -0.4 is 11.1 Å². The fourth-order valence-corrected chi connectivity index (χ4v) is 4.60. The molecule has 0 spiro atoms. The molecule has 2 heterocycles. The molecule has 0 bridgehead atoms. The molecule has 0 aromatic heterocycles. The predicted molar refractivity (Wildman–Crippen MR) is 160 cm³/mol. The van der Waals surface area contributed by atoms with E-state index in [1.54, 1.807) is 40.3 Å². The summed E-state index contributed by atoms with van der Waals surface area (Å²) in [4.78, 5) is 42.9. The van der Waals surface area contributed by atoms with Crippen LogP contribution in [0.25, 0.3) is 0 Å². The Morgan fingerprint density at radius 1 is 0.900 bits per heavy atom. The number of primary amides is 1. The van der Waals surface area contributed by atoms with Gasteiger partial charge in [0.15, 0.2) is 0 Å². The number of rotatable bonds is 7. The maximum absolute atomic E-state index is 14.6. The van der Waals surface area contributed by atoms with Gasteiger partial charge in [-0.15, -0.1) is 0 Å². The van der Waals surface area contributed by atoms with Crippen molar-refractivity contribution in [2.45, 2.75) is 20.3 Å². The van der Waals surface area contributed by atoms with Crippen molar-refractivity contribution in [1.82, 2.24) is 20.0 Å². The van der Waals surface area contributed by atoms with Crippen molar-refractivity contribution >= 4 is 36.1 Å². The number of thiol groups is 1. The fraction of sp³-hybridized carbons (Fsp3) is 0.448. The SMILES string of the molecule is CC.CS.N=C(Cc1ccc(F)c(C(=O)N2CCN(C(=O)CN3CCNCC3)CC2)c1)c1ccccc1C(N)=O. The van der Waals surface area contributed by atoms with Gasteiger partial charge in [0.1, 0.15) is 5.82 Å². The van der Waals surface area contributed by atoms with Gasteiger partial charge in [0, 0.05) is 75.6 Å². The zero-order valence-electron chi connectivity index (χ0n) is 23.6. The summed E-state index contributed by atoms with van der Waals surface area (Å²) in [5.74, 6) is -1.65. The molecule has 3 amide bonds. The van der Waals surface area contributed by atoms with Crippen molar-refractivity contribution in [3.05, 3.63) is 70.5 Å². The Morgan fingerprint density at radius 3 is 2.08 bits per heavy atom. The van der Waals surface area contributed by atoms with E-state index in [-0.39, 0.29) is 29.2 Å². The third-order valence-electron chi connectivity index (χ3n) is 6.65. The van der Waals surface area contributed by atoms with Crippen LogP contribution in [0.4, 0.5) is 4.39 Å². The van der Waals surface area contributed by atoms with Gasteiger partial charge >= 0.3 is 0 Å². The molecule has 0 atom stereocenters. The Morgan fingerprint density at radius 2 is 1.48 bits per heavy atom. The first-order chi connectivity index (χ1) is 19.3. The number of halogens is 1. The van der Waals surface area contributed by atoms with E-state index in [1.807, 2.05) is 13.8 Å². The fourth-order valence-electron chi connectivity index (χ4n) is 4.60. The van der Waals surface area contributed by atoms with Crippen LogP contribution in [0.3, 0.4) is 0 Å². The summed E-state index contributed by atoms with van der Waals surface area (Å²) < 4.78 is 14.6. The first-order valence-corrected chi connectivity index (χ1v) is 14.4. The lowest BCUT2D eigenvalue weighted by molar-refractivity contribution is -0.134. The molecule has 2 aliphatic heterocycles. The van der Waals surface area contributed by atoms with Crippen LogP contribution in [0.1, 0.15) is 45.7 Å². The highest BCUT2D eigenvalue weighted by molar-refractivity contribution is 7.79. The summed E-state index contributed by atoms with van der Waals surface area (Å²) in [5.41, 5.74) is 6.73. The van der Waals surface area contributed by atoms with Crippen LogP contribution in [0.2, 0.25) is 0 Å². The van der Waals surface area contributed by atoms with E-state index in [2.05, 4.69) is 22.8 Å². The van der Waals surface area contributed by atoms with Crippen molar-refractivity contribution in [3.63, 3.8) is 0 Å². The average Bonchev–Trinajstić information content (AvgIpc) is 3.00. The van der Waals surface area contributed by atoms with Crippen molar-refractivity contribution in [1.29, 1.82) is 5.41 Å². The third-order valence-corrected chi connectivity index (χ3v) is 6.65. The number of piperazine rings is 2. The molecule has 11 heteroatoms. The molecule has 2 aliphatic rings. The Balaban J connectivity index is 0.00000134. The third kappa shape index (κ3) is 8.87. The second-order valence-corrected chi connectivity index (χ2v) is 9.08. The number of benzene rings is 2. The molecule has 2 aromatic carbocycles. The molecule has 0 unspecified atom stereocenters. The monoisotopic (exact) mass is 572 g/mol. The van der Waals surface area contributed by atoms with E-state index in [4.69, 9.17) is 11.1 Å². The number of hydrogen-bond acceptors (Lipinski definition) is 7. The number of hydrogen-bond donors (Lipinski definition) is 4. The Labute approximate surface area is 241 Å². The van der Waals surface area contributed by atoms with E-state index in [9.17, 15) is 18.8 Å². The van der Waals surface area contributed by atoms with Crippen molar-refractivity contribution in [3.8, 4) is 0 Å². The van der Waals surface area contributed by atoms with Gasteiger partial charge in [-0.05, 0) is 30.0 Å². The first kappa shape index (κ1) is 32.9. The molecule has 218 valence electrons. The Kier molecular flexibility index (Phi) is 13.8. The predicted octanol–water partition coefficient (Wildman–Crippen LogP) is 2.30. The van der Waals surface area contributed by atoms with Crippen LogP contribution in [0, 0.1) is 11.2 Å². The summed E-state index contributed by atoms with van der Waals surface area (Å²) in [6.07, 6.45) is 1.80. The molecule has 4 N–H and O–H groups in total. The van der Waals surface area contributed by atoms with Gasteiger partial charge in [-0.3, -0.25) is 19.3 Å². The molecule has 2 saturated heterocycles. The van der Waals surface area contributed by atoms with Crippen LogP contribution >= 0.6 is 12.6 Å². The van der Waals surface area contributed by atoms with Gasteiger partial charge in [0.25, 0.3) is 5.91 Å². The first-order valence-electron chi connectivity index (χ1n) is 13.5. The number of nitrogens with one attached hydrogen (secondary N) is 2. The molecular formula is C29H41FN6O3S. The molecule has 2 aromatic rings. The highest BCUT2D eigenvalue weighted by atomic mass is 32.1. The van der Waals surface area contributed by atoms with Gasteiger partial charge in [-0.1, -0.05) is 38.1 Å². The van der Waals surface area contributed by atoms with E-state index < -0.39 is 17.6 Å². The van der Waals surface area contributed by atoms with Gasteiger partial charge in [0.05, 0.1) is 12.1 Å². The van der Waals surface area contributed by atoms with E-state index >= 15 is 0 Å². The van der Waals surface area contributed by atoms with Crippen LogP contribution in [-0.4, -0.2) is 103 Å². The topological polar surface area (TPSA) is 123 Å². The summed E-state index contributed by atoms with van der Waals surface area (Å²) in [6.45, 7) is 9.27. The minimum Gasteiger partial charge on any atom is -0.366 e. The smallest absolute Gasteiger partial charge is 0.256 e. The summed E-state index contributed by atoms with van der Waals surface area (Å²) in [6, 6.07) is 10.8. The summed E-state index contributed by atoms with van der Waals surface area (Å²) in [5, 5.41) is 11.7. The largest absolute Gasteiger partial charge is 0.366 e. The highest BCUT2D eigenvalue weighted by Crippen LogP contribution is 2.18. The molecule has 0 radical (unpaired) electrons. The van der Waals surface area contributed by atoms with Crippen molar-refractivity contribution in [2.75, 3.05) is 65.2 Å². The Bertz CT molecular complexity index is 1160. The molecule has 40 heavy (non-hydrogen) atoms. The van der Waals surface area contributed by atoms with Crippen LogP contribution in [0.5, 0.6) is 0 Å². The quantitative estimate of drug-likeness (QED) is 0.300. The lowest BCUT2D eigenvalue weighted by atomic mass is 9.96. The van der Waals surface area contributed by atoms with Crippen molar-refractivity contribution in [2.24, 2.45) is 5.73 Å². The highest BCUT2D eigenvalue weighted by Gasteiger charge is 2.27. The maximum Gasteiger partial charge on any atom is 0.256 e. The number of nitrogens with two attached hydrogens (primary N) is 1. The lowest BCUT2D eigenvalue weighted by Crippen LogP contribution is -2.54. The second kappa shape index (κ2) is 16.7. The molecule has 0 aliphatic carbocycles. The Hall–Kier alpha value is -3.28. The van der Waals surface area contributed by atoms with Crippen molar-refractivity contribution < 1.29 is 18.8 Å². The normalized spacial score (nSPS) is 15.2. The molecule has 0 saturated carbocycles. The van der Waals surface area contributed by atoms with Crippen LogP contribution in [-0.2, 0) is 11.2 Å². The second-order valence-electron chi connectivity index (χ2n) is 9.08. The van der Waals surface area contributed by atoms with E-state index in [0.29, 0.717) is 43.9 Å². The van der Waals surface area contributed by atoms with Crippen LogP contribution in [0.15, 0.2) is 42.5 Å². The minimum absolute atomic E-state index is 0.0481. The minimum atomic E-state index is -0.634. The van der Waals surface area contributed by atoms with Gasteiger partial charge in [-0.2, -0.15) is 12.6 Å². The number of carbonyl (C=O) groups excluding carboxylic acids is 3. The zero-order valence-corrected chi connectivity index (χ0v) is 24.5. The molecule has 2 fully saturated rings. The van der Waals surface area contributed by atoms with Gasteiger partial charge < -0.3 is 26.3 Å². The molecular weight excluding hydrogens is 531 g/mol. The summed E-state index contributed by atoms with van der Waals surface area (Å²) >= 11 is 3.53. The zero-order chi connectivity index (χ0) is 29.7. The van der Waals surface area contributed by atoms with E-state index in [0.717, 1.165) is 26.2 Å². The molecule has 9 nitrogen and oxygen atoms in total. The standard InChI is InChI=1S/C26H31FN6O3.C2H6.CH4S/c27-22-6-5-18(16-23(28)19-3-1-2-4-20(19)25(29)35)15-21(22)26(36)33-13-11-32(12-14-33)24(34)17-31-9-7-30-8-10-31;2*1-2/h1-6,15,28,30H,7-14,16-17H2,(H2,29,35);1-2H3;2H,1H3.